The number of methoxy groups -OCH3 is 1. The zero-order valence-corrected chi connectivity index (χ0v) is 12.9. The lowest BCUT2D eigenvalue weighted by Crippen LogP contribution is -2.51. The zero-order valence-electron chi connectivity index (χ0n) is 12.9. The van der Waals surface area contributed by atoms with Gasteiger partial charge in [-0.2, -0.15) is 0 Å². The van der Waals surface area contributed by atoms with Crippen LogP contribution in [-0.4, -0.2) is 34.2 Å². The Labute approximate surface area is 120 Å². The van der Waals surface area contributed by atoms with Crippen molar-refractivity contribution in [2.75, 3.05) is 7.11 Å². The molecule has 5 nitrogen and oxygen atoms in total. The molecule has 1 fully saturated rings. The van der Waals surface area contributed by atoms with E-state index in [0.717, 1.165) is 37.9 Å². The highest BCUT2D eigenvalue weighted by molar-refractivity contribution is 5.80. The molecule has 1 aromatic heterocycles. The Kier molecular flexibility index (Phi) is 4.48. The minimum Gasteiger partial charge on any atom is -0.468 e. The van der Waals surface area contributed by atoms with Crippen LogP contribution in [0.3, 0.4) is 0 Å². The molecule has 2 rings (SSSR count). The fourth-order valence-corrected chi connectivity index (χ4v) is 2.51. The molecule has 5 heteroatoms. The molecule has 20 heavy (non-hydrogen) atoms. The van der Waals surface area contributed by atoms with Gasteiger partial charge in [-0.15, -0.1) is 0 Å². The molecule has 1 atom stereocenters. The molecule has 112 valence electrons. The number of hydrogen-bond acceptors (Lipinski definition) is 4. The fourth-order valence-electron chi connectivity index (χ4n) is 2.51. The highest BCUT2D eigenvalue weighted by atomic mass is 16.5. The molecule has 1 aliphatic carbocycles. The molecule has 0 saturated heterocycles. The summed E-state index contributed by atoms with van der Waals surface area (Å²) in [6.45, 7) is 6.91. The molecule has 0 spiro atoms. The number of aryl methyl sites for hydroxylation is 2. The van der Waals surface area contributed by atoms with Crippen molar-refractivity contribution in [3.05, 3.63) is 17.7 Å². The number of imidazole rings is 1. The van der Waals surface area contributed by atoms with Crippen molar-refractivity contribution in [1.29, 1.82) is 0 Å². The molecule has 0 radical (unpaired) electrons. The van der Waals surface area contributed by atoms with Gasteiger partial charge in [0.2, 0.25) is 0 Å². The predicted octanol–water partition coefficient (Wildman–Crippen LogP) is 1.96. The lowest BCUT2D eigenvalue weighted by Gasteiger charge is -2.28. The Morgan fingerprint density at radius 2 is 2.25 bits per heavy atom. The summed E-state index contributed by atoms with van der Waals surface area (Å²) in [7, 11) is 1.46. The Bertz CT molecular complexity index is 479. The molecule has 0 aromatic carbocycles. The lowest BCUT2D eigenvalue weighted by molar-refractivity contribution is -0.148. The van der Waals surface area contributed by atoms with Crippen LogP contribution in [0, 0.1) is 13.8 Å². The second-order valence-electron chi connectivity index (χ2n) is 5.95. The number of ether oxygens (including phenoxy) is 1. The quantitative estimate of drug-likeness (QED) is 0.775. The Balaban J connectivity index is 1.91. The molecule has 1 aliphatic rings. The van der Waals surface area contributed by atoms with E-state index in [4.69, 9.17) is 4.74 Å². The summed E-state index contributed by atoms with van der Waals surface area (Å²) in [5.41, 5.74) is 1.69. The number of aromatic nitrogens is 2. The summed E-state index contributed by atoms with van der Waals surface area (Å²) in [5, 5.41) is 3.42. The summed E-state index contributed by atoms with van der Waals surface area (Å²) in [6, 6.07) is 0.483. The predicted molar refractivity (Wildman–Crippen MR) is 77.5 cm³/mol. The molecule has 1 unspecified atom stereocenters. The van der Waals surface area contributed by atoms with Crippen LogP contribution in [0.5, 0.6) is 0 Å². The number of esters is 1. The summed E-state index contributed by atoms with van der Waals surface area (Å²) in [6.07, 6.45) is 5.88. The molecule has 1 N–H and O–H groups in total. The molecular weight excluding hydrogens is 254 g/mol. The van der Waals surface area contributed by atoms with E-state index in [1.807, 2.05) is 20.2 Å². The smallest absolute Gasteiger partial charge is 0.325 e. The average molecular weight is 279 g/mol. The molecular formula is C15H25N3O2. The third kappa shape index (κ3) is 3.39. The van der Waals surface area contributed by atoms with Crippen molar-refractivity contribution < 1.29 is 9.53 Å². The number of carbonyl (C=O) groups excluding carboxylic acids is 1. The van der Waals surface area contributed by atoms with Gasteiger partial charge in [0, 0.05) is 18.3 Å². The Morgan fingerprint density at radius 3 is 2.75 bits per heavy atom. The highest BCUT2D eigenvalue weighted by Gasteiger charge is 2.38. The van der Waals surface area contributed by atoms with Crippen LogP contribution in [0.2, 0.25) is 0 Å². The molecule has 0 amide bonds. The first-order valence-electron chi connectivity index (χ1n) is 7.31. The van der Waals surface area contributed by atoms with E-state index < -0.39 is 5.54 Å². The molecule has 1 saturated carbocycles. The van der Waals surface area contributed by atoms with Crippen molar-refractivity contribution >= 4 is 5.97 Å². The Hall–Kier alpha value is -1.36. The first kappa shape index (κ1) is 15.0. The fraction of sp³-hybridized carbons (Fsp3) is 0.733. The maximum absolute atomic E-state index is 12.0. The first-order valence-corrected chi connectivity index (χ1v) is 7.31. The standard InChI is InChI=1S/C15H25N3O2/c1-11-12(2)18(10-16-11)9-5-8-15(3,14(19)20-4)17-13-6-7-13/h10,13,17H,5-9H2,1-4H3. The van der Waals surface area contributed by atoms with Gasteiger partial charge in [-0.1, -0.05) is 0 Å². The molecule has 1 aromatic rings. The normalized spacial score (nSPS) is 17.8. The van der Waals surface area contributed by atoms with Crippen molar-refractivity contribution in [1.82, 2.24) is 14.9 Å². The van der Waals surface area contributed by atoms with Gasteiger partial charge in [-0.3, -0.25) is 10.1 Å². The monoisotopic (exact) mass is 279 g/mol. The van der Waals surface area contributed by atoms with E-state index in [1.165, 1.54) is 12.8 Å². The molecule has 0 aliphatic heterocycles. The van der Waals surface area contributed by atoms with Crippen LogP contribution in [-0.2, 0) is 16.1 Å². The van der Waals surface area contributed by atoms with Crippen LogP contribution in [0.15, 0.2) is 6.33 Å². The summed E-state index contributed by atoms with van der Waals surface area (Å²) in [4.78, 5) is 16.3. The third-order valence-corrected chi connectivity index (χ3v) is 4.16. The van der Waals surface area contributed by atoms with Crippen LogP contribution in [0.1, 0.15) is 44.0 Å². The number of rotatable bonds is 7. The van der Waals surface area contributed by atoms with Crippen molar-refractivity contribution in [2.24, 2.45) is 0 Å². The van der Waals surface area contributed by atoms with Crippen molar-refractivity contribution in [2.45, 2.75) is 64.6 Å². The third-order valence-electron chi connectivity index (χ3n) is 4.16. The van der Waals surface area contributed by atoms with E-state index in [2.05, 4.69) is 21.8 Å². The second kappa shape index (κ2) is 5.95. The minimum absolute atomic E-state index is 0.164. The number of carbonyl (C=O) groups is 1. The van der Waals surface area contributed by atoms with E-state index in [1.54, 1.807) is 0 Å². The van der Waals surface area contributed by atoms with Gasteiger partial charge in [-0.05, 0) is 46.5 Å². The number of hydrogen-bond donors (Lipinski definition) is 1. The number of nitrogens with zero attached hydrogens (tertiary/aromatic N) is 2. The van der Waals surface area contributed by atoms with Crippen LogP contribution >= 0.6 is 0 Å². The van der Waals surface area contributed by atoms with Crippen molar-refractivity contribution in [3.63, 3.8) is 0 Å². The van der Waals surface area contributed by atoms with Gasteiger partial charge in [0.05, 0.1) is 19.1 Å². The minimum atomic E-state index is -0.570. The van der Waals surface area contributed by atoms with Gasteiger partial charge in [0.25, 0.3) is 0 Å². The molecule has 0 bridgehead atoms. The SMILES string of the molecule is COC(=O)C(C)(CCCn1cnc(C)c1C)NC1CC1. The Morgan fingerprint density at radius 1 is 1.55 bits per heavy atom. The average Bonchev–Trinajstić information content (AvgIpc) is 3.18. The van der Waals surface area contributed by atoms with Crippen LogP contribution < -0.4 is 5.32 Å². The molecule has 1 heterocycles. The maximum atomic E-state index is 12.0. The number of nitrogens with one attached hydrogen (secondary N) is 1. The van der Waals surface area contributed by atoms with Crippen molar-refractivity contribution in [3.8, 4) is 0 Å². The summed E-state index contributed by atoms with van der Waals surface area (Å²) >= 11 is 0. The zero-order chi connectivity index (χ0) is 14.8. The van der Waals surface area contributed by atoms with E-state index in [-0.39, 0.29) is 5.97 Å². The largest absolute Gasteiger partial charge is 0.468 e. The van der Waals surface area contributed by atoms with Gasteiger partial charge in [-0.25, -0.2) is 4.98 Å². The highest BCUT2D eigenvalue weighted by Crippen LogP contribution is 2.26. The lowest BCUT2D eigenvalue weighted by atomic mass is 9.95. The van der Waals surface area contributed by atoms with Gasteiger partial charge >= 0.3 is 5.97 Å². The second-order valence-corrected chi connectivity index (χ2v) is 5.95. The van der Waals surface area contributed by atoms with Gasteiger partial charge in [0.15, 0.2) is 0 Å². The first-order chi connectivity index (χ1) is 9.46. The van der Waals surface area contributed by atoms with Crippen LogP contribution in [0.4, 0.5) is 0 Å². The van der Waals surface area contributed by atoms with E-state index >= 15 is 0 Å². The van der Waals surface area contributed by atoms with Crippen LogP contribution in [0.25, 0.3) is 0 Å². The summed E-state index contributed by atoms with van der Waals surface area (Å²) < 4.78 is 7.10. The van der Waals surface area contributed by atoms with E-state index in [0.29, 0.717) is 6.04 Å². The van der Waals surface area contributed by atoms with E-state index in [9.17, 15) is 4.79 Å². The summed E-state index contributed by atoms with van der Waals surface area (Å²) in [5.74, 6) is -0.164. The van der Waals surface area contributed by atoms with Gasteiger partial charge in [0.1, 0.15) is 5.54 Å². The maximum Gasteiger partial charge on any atom is 0.325 e. The van der Waals surface area contributed by atoms with Gasteiger partial charge < -0.3 is 9.30 Å². The topological polar surface area (TPSA) is 56.2 Å².